The fourth-order valence-corrected chi connectivity index (χ4v) is 1.59. The summed E-state index contributed by atoms with van der Waals surface area (Å²) in [5, 5.41) is 5.90. The first kappa shape index (κ1) is 14.5. The van der Waals surface area contributed by atoms with E-state index in [-0.39, 0.29) is 11.9 Å². The Morgan fingerprint density at radius 2 is 2.06 bits per heavy atom. The third-order valence-electron chi connectivity index (χ3n) is 2.39. The highest BCUT2D eigenvalue weighted by Gasteiger charge is 2.15. The monoisotopic (exact) mass is 250 g/mol. The summed E-state index contributed by atoms with van der Waals surface area (Å²) < 4.78 is 5.62. The summed E-state index contributed by atoms with van der Waals surface area (Å²) in [6.07, 6.45) is -0.489. The van der Waals surface area contributed by atoms with E-state index >= 15 is 0 Å². The minimum absolute atomic E-state index is 0.0935. The van der Waals surface area contributed by atoms with Crippen LogP contribution in [0.5, 0.6) is 5.75 Å². The van der Waals surface area contributed by atoms with Crippen LogP contribution in [0.15, 0.2) is 24.3 Å². The molecule has 0 saturated carbocycles. The topological polar surface area (TPSA) is 50.4 Å². The second-order valence-electron chi connectivity index (χ2n) is 4.60. The third kappa shape index (κ3) is 4.75. The second-order valence-corrected chi connectivity index (χ2v) is 4.60. The zero-order chi connectivity index (χ0) is 13.5. The van der Waals surface area contributed by atoms with Crippen LogP contribution in [0.4, 0.5) is 0 Å². The van der Waals surface area contributed by atoms with E-state index in [1.54, 1.807) is 6.92 Å². The predicted octanol–water partition coefficient (Wildman–Crippen LogP) is 1.70. The Hall–Kier alpha value is -1.55. The average Bonchev–Trinajstić information content (AvgIpc) is 2.29. The highest BCUT2D eigenvalue weighted by atomic mass is 16.5. The summed E-state index contributed by atoms with van der Waals surface area (Å²) in [5.41, 5.74) is 1.13. The maximum atomic E-state index is 11.7. The van der Waals surface area contributed by atoms with Crippen molar-refractivity contribution in [2.24, 2.45) is 0 Å². The highest BCUT2D eigenvalue weighted by Crippen LogP contribution is 2.15. The van der Waals surface area contributed by atoms with Gasteiger partial charge in [-0.25, -0.2) is 0 Å². The van der Waals surface area contributed by atoms with Crippen molar-refractivity contribution in [3.8, 4) is 5.75 Å². The Balaban J connectivity index is 2.60. The SMILES string of the molecule is CNCc1cccc(OC(C)C(=O)NC(C)C)c1. The molecule has 1 aromatic rings. The van der Waals surface area contributed by atoms with Crippen molar-refractivity contribution in [3.63, 3.8) is 0 Å². The lowest BCUT2D eigenvalue weighted by Crippen LogP contribution is -2.40. The van der Waals surface area contributed by atoms with Crippen molar-refractivity contribution in [2.45, 2.75) is 39.5 Å². The van der Waals surface area contributed by atoms with Gasteiger partial charge in [-0.05, 0) is 45.5 Å². The van der Waals surface area contributed by atoms with Crippen LogP contribution in [0.3, 0.4) is 0 Å². The maximum absolute atomic E-state index is 11.7. The van der Waals surface area contributed by atoms with Crippen molar-refractivity contribution in [2.75, 3.05) is 7.05 Å². The molecule has 18 heavy (non-hydrogen) atoms. The highest BCUT2D eigenvalue weighted by molar-refractivity contribution is 5.80. The number of hydrogen-bond donors (Lipinski definition) is 2. The van der Waals surface area contributed by atoms with Crippen molar-refractivity contribution in [1.29, 1.82) is 0 Å². The number of amides is 1. The van der Waals surface area contributed by atoms with E-state index in [1.807, 2.05) is 45.2 Å². The van der Waals surface area contributed by atoms with Gasteiger partial charge in [-0.3, -0.25) is 4.79 Å². The van der Waals surface area contributed by atoms with Crippen LogP contribution >= 0.6 is 0 Å². The van der Waals surface area contributed by atoms with E-state index < -0.39 is 6.10 Å². The molecule has 1 unspecified atom stereocenters. The molecular formula is C14H22N2O2. The van der Waals surface area contributed by atoms with Gasteiger partial charge in [0.15, 0.2) is 6.10 Å². The third-order valence-corrected chi connectivity index (χ3v) is 2.39. The molecule has 4 heteroatoms. The summed E-state index contributed by atoms with van der Waals surface area (Å²) in [5.74, 6) is 0.623. The van der Waals surface area contributed by atoms with E-state index in [0.29, 0.717) is 5.75 Å². The molecule has 0 heterocycles. The fourth-order valence-electron chi connectivity index (χ4n) is 1.59. The molecule has 0 spiro atoms. The lowest BCUT2D eigenvalue weighted by Gasteiger charge is -2.16. The molecule has 1 rings (SSSR count). The zero-order valence-electron chi connectivity index (χ0n) is 11.5. The quantitative estimate of drug-likeness (QED) is 0.808. The number of carbonyl (C=O) groups excluding carboxylic acids is 1. The van der Waals surface area contributed by atoms with Crippen LogP contribution in [0, 0.1) is 0 Å². The molecule has 1 aromatic carbocycles. The van der Waals surface area contributed by atoms with Crippen molar-refractivity contribution < 1.29 is 9.53 Å². The number of ether oxygens (including phenoxy) is 1. The predicted molar refractivity (Wildman–Crippen MR) is 72.6 cm³/mol. The Kier molecular flexibility index (Phi) is 5.65. The number of rotatable bonds is 6. The molecule has 0 radical (unpaired) electrons. The molecule has 1 amide bonds. The molecule has 4 nitrogen and oxygen atoms in total. The molecule has 0 aliphatic rings. The summed E-state index contributed by atoms with van der Waals surface area (Å²) in [7, 11) is 1.90. The van der Waals surface area contributed by atoms with Crippen molar-refractivity contribution in [1.82, 2.24) is 10.6 Å². The van der Waals surface area contributed by atoms with Crippen molar-refractivity contribution in [3.05, 3.63) is 29.8 Å². The zero-order valence-corrected chi connectivity index (χ0v) is 11.5. The van der Waals surface area contributed by atoms with Gasteiger partial charge in [0, 0.05) is 12.6 Å². The van der Waals surface area contributed by atoms with E-state index in [0.717, 1.165) is 12.1 Å². The first-order valence-electron chi connectivity index (χ1n) is 6.23. The average molecular weight is 250 g/mol. The van der Waals surface area contributed by atoms with E-state index in [1.165, 1.54) is 0 Å². The van der Waals surface area contributed by atoms with Gasteiger partial charge in [0.2, 0.25) is 0 Å². The van der Waals surface area contributed by atoms with Crippen LogP contribution in [0.1, 0.15) is 26.3 Å². The molecule has 0 aliphatic carbocycles. The van der Waals surface area contributed by atoms with Gasteiger partial charge in [-0.1, -0.05) is 12.1 Å². The summed E-state index contributed by atoms with van der Waals surface area (Å²) >= 11 is 0. The summed E-state index contributed by atoms with van der Waals surface area (Å²) in [6.45, 7) is 6.39. The number of hydrogen-bond acceptors (Lipinski definition) is 3. The minimum atomic E-state index is -0.489. The van der Waals surface area contributed by atoms with Crippen LogP contribution in [0.25, 0.3) is 0 Å². The molecule has 100 valence electrons. The molecule has 1 atom stereocenters. The molecular weight excluding hydrogens is 228 g/mol. The van der Waals surface area contributed by atoms with Gasteiger partial charge in [-0.2, -0.15) is 0 Å². The number of benzene rings is 1. The fraction of sp³-hybridized carbons (Fsp3) is 0.500. The van der Waals surface area contributed by atoms with E-state index in [4.69, 9.17) is 4.74 Å². The van der Waals surface area contributed by atoms with Crippen LogP contribution in [-0.2, 0) is 11.3 Å². The van der Waals surface area contributed by atoms with E-state index in [2.05, 4.69) is 10.6 Å². The maximum Gasteiger partial charge on any atom is 0.260 e. The molecule has 0 aliphatic heterocycles. The summed E-state index contributed by atoms with van der Waals surface area (Å²) in [4.78, 5) is 11.7. The van der Waals surface area contributed by atoms with Gasteiger partial charge in [-0.15, -0.1) is 0 Å². The molecule has 0 fully saturated rings. The van der Waals surface area contributed by atoms with Crippen molar-refractivity contribution >= 4 is 5.91 Å². The summed E-state index contributed by atoms with van der Waals surface area (Å²) in [6, 6.07) is 7.87. The van der Waals surface area contributed by atoms with Crippen LogP contribution in [-0.4, -0.2) is 25.1 Å². The Morgan fingerprint density at radius 1 is 1.33 bits per heavy atom. The molecule has 0 bridgehead atoms. The Morgan fingerprint density at radius 3 is 2.67 bits per heavy atom. The first-order chi connectivity index (χ1) is 8.52. The molecule has 0 aromatic heterocycles. The number of nitrogens with one attached hydrogen (secondary N) is 2. The molecule has 0 saturated heterocycles. The standard InChI is InChI=1S/C14H22N2O2/c1-10(2)16-14(17)11(3)18-13-7-5-6-12(8-13)9-15-4/h5-8,10-11,15H,9H2,1-4H3,(H,16,17). The number of carbonyl (C=O) groups is 1. The smallest absolute Gasteiger partial charge is 0.260 e. The van der Waals surface area contributed by atoms with E-state index in [9.17, 15) is 4.79 Å². The first-order valence-corrected chi connectivity index (χ1v) is 6.23. The van der Waals surface area contributed by atoms with Crippen LogP contribution in [0.2, 0.25) is 0 Å². The lowest BCUT2D eigenvalue weighted by molar-refractivity contribution is -0.127. The van der Waals surface area contributed by atoms with Crippen LogP contribution < -0.4 is 15.4 Å². The Labute approximate surface area is 109 Å². The van der Waals surface area contributed by atoms with Gasteiger partial charge < -0.3 is 15.4 Å². The van der Waals surface area contributed by atoms with Gasteiger partial charge in [0.05, 0.1) is 0 Å². The van der Waals surface area contributed by atoms with Gasteiger partial charge >= 0.3 is 0 Å². The Bertz CT molecular complexity index is 391. The lowest BCUT2D eigenvalue weighted by atomic mass is 10.2. The molecule has 2 N–H and O–H groups in total. The largest absolute Gasteiger partial charge is 0.481 e. The second kappa shape index (κ2) is 7.01. The van der Waals surface area contributed by atoms with Gasteiger partial charge in [0.25, 0.3) is 5.91 Å². The van der Waals surface area contributed by atoms with Gasteiger partial charge in [0.1, 0.15) is 5.75 Å². The normalized spacial score (nSPS) is 12.3. The minimum Gasteiger partial charge on any atom is -0.481 e.